The molecular weight excluding hydrogens is 392 g/mol. The summed E-state index contributed by atoms with van der Waals surface area (Å²) in [5, 5.41) is 0.452. The number of rotatable bonds is 4. The second-order valence-corrected chi connectivity index (χ2v) is 7.75. The summed E-state index contributed by atoms with van der Waals surface area (Å²) in [6, 6.07) is 14.1. The molecule has 1 atom stereocenters. The maximum atomic E-state index is 13.3. The van der Waals surface area contributed by atoms with E-state index in [-0.39, 0.29) is 18.2 Å². The molecule has 1 aliphatic rings. The minimum atomic E-state index is -1.13. The highest BCUT2D eigenvalue weighted by Gasteiger charge is 2.47. The number of Topliss-reactive ketones (excluding diaryl/α,β-unsaturated/α-hetero) is 1. The van der Waals surface area contributed by atoms with Gasteiger partial charge in [0, 0.05) is 24.1 Å². The molecule has 1 amide bonds. The van der Waals surface area contributed by atoms with E-state index in [2.05, 4.69) is 0 Å². The van der Waals surface area contributed by atoms with Crippen molar-refractivity contribution in [2.45, 2.75) is 37.8 Å². The number of para-hydroxylation sites is 2. The van der Waals surface area contributed by atoms with E-state index in [4.69, 9.17) is 16.0 Å². The number of nitrogens with zero attached hydrogens (tertiary/aromatic N) is 2. The van der Waals surface area contributed by atoms with Crippen molar-refractivity contribution in [3.63, 3.8) is 0 Å². The lowest BCUT2D eigenvalue weighted by Gasteiger charge is -2.44. The van der Waals surface area contributed by atoms with Gasteiger partial charge in [-0.25, -0.2) is 4.79 Å². The van der Waals surface area contributed by atoms with Gasteiger partial charge in [-0.15, -0.1) is 0 Å². The number of hydrogen-bond acceptors (Lipinski definition) is 4. The van der Waals surface area contributed by atoms with Gasteiger partial charge in [0.15, 0.2) is 11.4 Å². The van der Waals surface area contributed by atoms with Gasteiger partial charge in [0.2, 0.25) is 5.91 Å². The van der Waals surface area contributed by atoms with Gasteiger partial charge < -0.3 is 9.32 Å². The van der Waals surface area contributed by atoms with Crippen LogP contribution in [0.3, 0.4) is 0 Å². The third kappa shape index (κ3) is 3.17. The molecule has 1 saturated carbocycles. The van der Waals surface area contributed by atoms with Crippen LogP contribution >= 0.6 is 11.6 Å². The number of halogens is 1. The first-order valence-electron chi connectivity index (χ1n) is 9.58. The molecule has 150 valence electrons. The largest absolute Gasteiger partial charge is 0.420 e. The van der Waals surface area contributed by atoms with Crippen LogP contribution in [0.4, 0.5) is 0 Å². The molecule has 0 saturated heterocycles. The lowest BCUT2D eigenvalue weighted by atomic mass is 9.74. The number of fused-ring (bicyclic) bond motifs is 1. The highest BCUT2D eigenvalue weighted by atomic mass is 35.5. The van der Waals surface area contributed by atoms with Gasteiger partial charge in [0.25, 0.3) is 0 Å². The van der Waals surface area contributed by atoms with E-state index in [1.165, 1.54) is 9.47 Å². The Hall–Kier alpha value is -2.86. The number of carbonyl (C=O) groups excluding carboxylic acids is 2. The number of hydrogen-bond donors (Lipinski definition) is 0. The maximum absolute atomic E-state index is 13.3. The zero-order valence-electron chi connectivity index (χ0n) is 16.1. The molecule has 0 spiro atoms. The van der Waals surface area contributed by atoms with Crippen LogP contribution in [-0.2, 0) is 21.7 Å². The third-order valence-corrected chi connectivity index (χ3v) is 6.12. The summed E-state index contributed by atoms with van der Waals surface area (Å²) >= 11 is 6.45. The van der Waals surface area contributed by atoms with Crippen molar-refractivity contribution >= 4 is 34.4 Å². The number of oxazole rings is 1. The van der Waals surface area contributed by atoms with E-state index >= 15 is 0 Å². The quantitative estimate of drug-likeness (QED) is 0.654. The molecule has 7 heteroatoms. The fraction of sp³-hybridized carbons (Fsp3) is 0.318. The number of amides is 1. The highest BCUT2D eigenvalue weighted by molar-refractivity contribution is 6.31. The third-order valence-electron chi connectivity index (χ3n) is 5.79. The number of ketones is 1. The van der Waals surface area contributed by atoms with E-state index in [9.17, 15) is 14.4 Å². The number of carbonyl (C=O) groups is 2. The number of aromatic nitrogens is 1. The minimum Gasteiger partial charge on any atom is -0.408 e. The Kier molecular flexibility index (Phi) is 5.04. The van der Waals surface area contributed by atoms with Gasteiger partial charge in [-0.2, -0.15) is 0 Å². The SMILES string of the molecule is CN(C(=O)Cn1c(=O)oc2ccccc21)C1(c2ccccc2Cl)CCCCC1=O. The number of benzene rings is 2. The highest BCUT2D eigenvalue weighted by Crippen LogP contribution is 2.42. The van der Waals surface area contributed by atoms with Gasteiger partial charge >= 0.3 is 5.76 Å². The molecule has 4 rings (SSSR count). The second-order valence-electron chi connectivity index (χ2n) is 7.34. The molecule has 0 N–H and O–H groups in total. The maximum Gasteiger partial charge on any atom is 0.420 e. The van der Waals surface area contributed by atoms with Gasteiger partial charge in [-0.1, -0.05) is 41.9 Å². The van der Waals surface area contributed by atoms with E-state index < -0.39 is 11.3 Å². The van der Waals surface area contributed by atoms with Gasteiger partial charge in [-0.3, -0.25) is 14.2 Å². The fourth-order valence-electron chi connectivity index (χ4n) is 4.25. The first kappa shape index (κ1) is 19.5. The second kappa shape index (κ2) is 7.52. The molecule has 0 radical (unpaired) electrons. The fourth-order valence-corrected chi connectivity index (χ4v) is 4.54. The average Bonchev–Trinajstić information content (AvgIpc) is 3.04. The van der Waals surface area contributed by atoms with Gasteiger partial charge in [0.1, 0.15) is 12.1 Å². The van der Waals surface area contributed by atoms with Crippen LogP contribution in [-0.4, -0.2) is 28.2 Å². The van der Waals surface area contributed by atoms with Crippen molar-refractivity contribution in [1.29, 1.82) is 0 Å². The van der Waals surface area contributed by atoms with Gasteiger partial charge in [0.05, 0.1) is 5.52 Å². The first-order valence-corrected chi connectivity index (χ1v) is 9.96. The van der Waals surface area contributed by atoms with Crippen LogP contribution in [0.1, 0.15) is 31.2 Å². The Morgan fingerprint density at radius 1 is 1.14 bits per heavy atom. The lowest BCUT2D eigenvalue weighted by Crippen LogP contribution is -2.55. The topological polar surface area (TPSA) is 72.5 Å². The van der Waals surface area contributed by atoms with Crippen LogP contribution in [0.2, 0.25) is 5.02 Å². The summed E-state index contributed by atoms with van der Waals surface area (Å²) in [6.45, 7) is -0.216. The Bertz CT molecular complexity index is 1150. The zero-order chi connectivity index (χ0) is 20.6. The van der Waals surface area contributed by atoms with Crippen molar-refractivity contribution in [3.05, 3.63) is 69.7 Å². The van der Waals surface area contributed by atoms with Crippen molar-refractivity contribution in [1.82, 2.24) is 9.47 Å². The standard InChI is InChI=1S/C22H21ClN2O4/c1-24(20(27)14-25-17-10-4-5-11-18(17)29-21(25)28)22(13-7-6-12-19(22)26)15-8-2-3-9-16(15)23/h2-5,8-11H,6-7,12-14H2,1H3. The molecule has 1 fully saturated rings. The molecule has 1 unspecified atom stereocenters. The van der Waals surface area contributed by atoms with Crippen LogP contribution in [0, 0.1) is 0 Å². The van der Waals surface area contributed by atoms with Crippen LogP contribution in [0.25, 0.3) is 11.1 Å². The van der Waals surface area contributed by atoms with Gasteiger partial charge in [-0.05, 0) is 37.5 Å². The first-order chi connectivity index (χ1) is 13.9. The molecule has 2 aromatic carbocycles. The molecule has 1 aromatic heterocycles. The summed E-state index contributed by atoms with van der Waals surface area (Å²) in [6.07, 6.45) is 2.48. The normalized spacial score (nSPS) is 19.4. The molecule has 29 heavy (non-hydrogen) atoms. The molecule has 0 aliphatic heterocycles. The Morgan fingerprint density at radius 3 is 2.62 bits per heavy atom. The van der Waals surface area contributed by atoms with Crippen LogP contribution in [0.15, 0.2) is 57.7 Å². The molecular formula is C22H21ClN2O4. The Balaban J connectivity index is 1.75. The average molecular weight is 413 g/mol. The summed E-state index contributed by atoms with van der Waals surface area (Å²) < 4.78 is 6.52. The van der Waals surface area contributed by atoms with E-state index in [0.717, 1.165) is 12.8 Å². The lowest BCUT2D eigenvalue weighted by molar-refractivity contribution is -0.148. The van der Waals surface area contributed by atoms with Crippen molar-refractivity contribution in [2.75, 3.05) is 7.05 Å². The summed E-state index contributed by atoms with van der Waals surface area (Å²) in [5.41, 5.74) is 0.465. The monoisotopic (exact) mass is 412 g/mol. The molecule has 3 aromatic rings. The minimum absolute atomic E-state index is 0.0305. The molecule has 6 nitrogen and oxygen atoms in total. The molecule has 0 bridgehead atoms. The molecule has 1 heterocycles. The van der Waals surface area contributed by atoms with E-state index in [1.807, 2.05) is 6.07 Å². The predicted octanol–water partition coefficient (Wildman–Crippen LogP) is 3.74. The zero-order valence-corrected chi connectivity index (χ0v) is 16.8. The van der Waals surface area contributed by atoms with Crippen molar-refractivity contribution < 1.29 is 14.0 Å². The molecule has 1 aliphatic carbocycles. The Morgan fingerprint density at radius 2 is 1.86 bits per heavy atom. The van der Waals surface area contributed by atoms with Crippen molar-refractivity contribution in [3.8, 4) is 0 Å². The smallest absolute Gasteiger partial charge is 0.408 e. The van der Waals surface area contributed by atoms with Crippen LogP contribution < -0.4 is 5.76 Å². The summed E-state index contributed by atoms with van der Waals surface area (Å²) in [4.78, 5) is 40.2. The van der Waals surface area contributed by atoms with Crippen LogP contribution in [0.5, 0.6) is 0 Å². The van der Waals surface area contributed by atoms with E-state index in [1.54, 1.807) is 49.5 Å². The van der Waals surface area contributed by atoms with Crippen molar-refractivity contribution in [2.24, 2.45) is 0 Å². The summed E-state index contributed by atoms with van der Waals surface area (Å²) in [5.74, 6) is -0.986. The Labute approximate surface area is 172 Å². The summed E-state index contributed by atoms with van der Waals surface area (Å²) in [7, 11) is 1.61. The van der Waals surface area contributed by atoms with E-state index in [0.29, 0.717) is 34.5 Å². The predicted molar refractivity (Wildman–Crippen MR) is 110 cm³/mol. The number of likely N-dealkylation sites (N-methyl/N-ethyl adjacent to an activating group) is 1.